The molecule has 1 aliphatic carbocycles. The number of amides is 1. The van der Waals surface area contributed by atoms with Crippen LogP contribution in [-0.4, -0.2) is 21.5 Å². The number of furan rings is 1. The summed E-state index contributed by atoms with van der Waals surface area (Å²) in [4.78, 5) is 33.7. The second kappa shape index (κ2) is 9.32. The molecule has 0 unspecified atom stereocenters. The molecular weight excluding hydrogens is 466 g/mol. The highest BCUT2D eigenvalue weighted by atomic mass is 35.5. The Labute approximate surface area is 197 Å². The highest BCUT2D eigenvalue weighted by molar-refractivity contribution is 6.33. The quantitative estimate of drug-likeness (QED) is 0.348. The molecule has 1 heterocycles. The second-order valence-corrected chi connectivity index (χ2v) is 7.94. The van der Waals surface area contributed by atoms with Crippen molar-refractivity contribution in [3.63, 3.8) is 0 Å². The lowest BCUT2D eigenvalue weighted by molar-refractivity contribution is -0.393. The van der Waals surface area contributed by atoms with Crippen LogP contribution < -0.4 is 10.7 Å². The number of rotatable bonds is 6. The molecule has 1 amide bonds. The van der Waals surface area contributed by atoms with Gasteiger partial charge in [0.25, 0.3) is 11.6 Å². The molecule has 4 rings (SSSR count). The number of halogens is 1. The molecule has 12 heteroatoms. The number of hydrogen-bond acceptors (Lipinski definition) is 8. The first kappa shape index (κ1) is 22.9. The van der Waals surface area contributed by atoms with E-state index in [4.69, 9.17) is 16.0 Å². The Hall–Kier alpha value is -4.25. The van der Waals surface area contributed by atoms with Crippen molar-refractivity contribution in [2.45, 2.75) is 26.2 Å². The van der Waals surface area contributed by atoms with Gasteiger partial charge in [-0.2, -0.15) is 5.10 Å². The molecule has 2 N–H and O–H groups in total. The predicted octanol–water partition coefficient (Wildman–Crippen LogP) is 5.46. The molecule has 0 aliphatic heterocycles. The number of carbonyl (C=O) groups excluding carboxylic acids is 1. The van der Waals surface area contributed by atoms with Gasteiger partial charge >= 0.3 is 5.69 Å². The number of para-hydroxylation sites is 1. The lowest BCUT2D eigenvalue weighted by Crippen LogP contribution is -2.14. The number of anilines is 2. The van der Waals surface area contributed by atoms with Crippen molar-refractivity contribution in [1.29, 1.82) is 0 Å². The normalized spacial score (nSPS) is 13.9. The van der Waals surface area contributed by atoms with Crippen LogP contribution in [0.1, 0.15) is 40.3 Å². The Bertz CT molecular complexity index is 1350. The molecule has 0 radical (unpaired) electrons. The van der Waals surface area contributed by atoms with Gasteiger partial charge in [-0.3, -0.25) is 30.4 Å². The molecule has 11 nitrogen and oxygen atoms in total. The molecule has 0 saturated heterocycles. The van der Waals surface area contributed by atoms with Gasteiger partial charge in [-0.1, -0.05) is 23.7 Å². The first-order chi connectivity index (χ1) is 16.3. The van der Waals surface area contributed by atoms with Gasteiger partial charge in [-0.25, -0.2) is 0 Å². The standard InChI is InChI=1S/C22H18ClN5O6/c1-12-20-17(26-25-16-10-9-13(27(30)31)11-18(16)28(32)33)7-4-8-19(20)34-21(12)22(29)24-15-6-3-2-5-14(15)23/h2-3,5-6,9-11,25H,4,7-8H2,1H3,(H,24,29)/b26-17+. The van der Waals surface area contributed by atoms with Crippen LogP contribution in [0.3, 0.4) is 0 Å². The summed E-state index contributed by atoms with van der Waals surface area (Å²) in [5.41, 5.74) is 4.04. The van der Waals surface area contributed by atoms with Crippen molar-refractivity contribution in [3.8, 4) is 0 Å². The average Bonchev–Trinajstić information content (AvgIpc) is 3.16. The zero-order valence-electron chi connectivity index (χ0n) is 17.8. The first-order valence-corrected chi connectivity index (χ1v) is 10.6. The zero-order valence-corrected chi connectivity index (χ0v) is 18.6. The van der Waals surface area contributed by atoms with Gasteiger partial charge in [0, 0.05) is 23.6 Å². The maximum atomic E-state index is 12.8. The molecule has 0 bridgehead atoms. The molecule has 1 aliphatic rings. The minimum Gasteiger partial charge on any atom is -0.455 e. The Kier molecular flexibility index (Phi) is 6.28. The van der Waals surface area contributed by atoms with Gasteiger partial charge in [0.15, 0.2) is 5.76 Å². The Morgan fingerprint density at radius 2 is 1.85 bits per heavy atom. The number of benzene rings is 2. The van der Waals surface area contributed by atoms with Crippen LogP contribution in [0.25, 0.3) is 0 Å². The summed E-state index contributed by atoms with van der Waals surface area (Å²) >= 11 is 6.12. The molecule has 0 spiro atoms. The number of nitrogens with one attached hydrogen (secondary N) is 2. The average molecular weight is 484 g/mol. The van der Waals surface area contributed by atoms with Crippen molar-refractivity contribution in [2.24, 2.45) is 5.10 Å². The molecule has 0 fully saturated rings. The van der Waals surface area contributed by atoms with Gasteiger partial charge in [-0.15, -0.1) is 0 Å². The number of nitro benzene ring substituents is 2. The van der Waals surface area contributed by atoms with Gasteiger partial charge < -0.3 is 9.73 Å². The van der Waals surface area contributed by atoms with Crippen molar-refractivity contribution >= 4 is 46.0 Å². The number of aryl methyl sites for hydroxylation is 1. The van der Waals surface area contributed by atoms with E-state index in [1.165, 1.54) is 6.07 Å². The molecule has 0 saturated carbocycles. The molecule has 34 heavy (non-hydrogen) atoms. The largest absolute Gasteiger partial charge is 0.455 e. The van der Waals surface area contributed by atoms with Crippen molar-refractivity contribution in [2.75, 3.05) is 10.7 Å². The van der Waals surface area contributed by atoms with Crippen LogP contribution >= 0.6 is 11.6 Å². The molecule has 2 aromatic carbocycles. The number of hydrazone groups is 1. The summed E-state index contributed by atoms with van der Waals surface area (Å²) in [6.45, 7) is 1.74. The third-order valence-electron chi connectivity index (χ3n) is 5.35. The van der Waals surface area contributed by atoms with Crippen LogP contribution in [-0.2, 0) is 6.42 Å². The molecule has 174 valence electrons. The maximum absolute atomic E-state index is 12.8. The number of nitro groups is 2. The monoisotopic (exact) mass is 483 g/mol. The Balaban J connectivity index is 1.63. The maximum Gasteiger partial charge on any atom is 0.301 e. The van der Waals surface area contributed by atoms with Crippen LogP contribution in [0, 0.1) is 27.2 Å². The van der Waals surface area contributed by atoms with E-state index in [0.29, 0.717) is 52.6 Å². The fraction of sp³-hybridized carbons (Fsp3) is 0.182. The van der Waals surface area contributed by atoms with Crippen LogP contribution in [0.15, 0.2) is 52.0 Å². The summed E-state index contributed by atoms with van der Waals surface area (Å²) in [7, 11) is 0. The highest BCUT2D eigenvalue weighted by Crippen LogP contribution is 2.33. The van der Waals surface area contributed by atoms with Gasteiger partial charge in [0.05, 0.1) is 32.3 Å². The fourth-order valence-electron chi connectivity index (χ4n) is 3.75. The summed E-state index contributed by atoms with van der Waals surface area (Å²) in [6, 6.07) is 10.1. The smallest absolute Gasteiger partial charge is 0.301 e. The SMILES string of the molecule is Cc1c(C(=O)Nc2ccccc2Cl)oc2c1/C(=N/Nc1ccc([N+](=O)[O-])cc1[N+](=O)[O-])CCC2. The van der Waals surface area contributed by atoms with Crippen LogP contribution in [0.2, 0.25) is 5.02 Å². The van der Waals surface area contributed by atoms with E-state index >= 15 is 0 Å². The van der Waals surface area contributed by atoms with E-state index < -0.39 is 27.1 Å². The first-order valence-electron chi connectivity index (χ1n) is 10.2. The fourth-order valence-corrected chi connectivity index (χ4v) is 3.93. The topological polar surface area (TPSA) is 153 Å². The minimum atomic E-state index is -0.720. The van der Waals surface area contributed by atoms with Crippen molar-refractivity contribution < 1.29 is 19.1 Å². The predicted molar refractivity (Wildman–Crippen MR) is 126 cm³/mol. The molecule has 3 aromatic rings. The Morgan fingerprint density at radius 1 is 1.09 bits per heavy atom. The number of non-ortho nitro benzene ring substituents is 1. The lowest BCUT2D eigenvalue weighted by atomic mass is 9.93. The van der Waals surface area contributed by atoms with E-state index in [0.717, 1.165) is 12.1 Å². The summed E-state index contributed by atoms with van der Waals surface area (Å²) in [6.07, 6.45) is 1.85. The van der Waals surface area contributed by atoms with Gasteiger partial charge in [0.2, 0.25) is 0 Å². The minimum absolute atomic E-state index is 0.00746. The van der Waals surface area contributed by atoms with E-state index in [9.17, 15) is 25.0 Å². The van der Waals surface area contributed by atoms with Gasteiger partial charge in [0.1, 0.15) is 11.4 Å². The highest BCUT2D eigenvalue weighted by Gasteiger charge is 2.28. The number of carbonyl (C=O) groups is 1. The second-order valence-electron chi connectivity index (χ2n) is 7.53. The number of fused-ring (bicyclic) bond motifs is 1. The third kappa shape index (κ3) is 4.46. The van der Waals surface area contributed by atoms with E-state index in [1.54, 1.807) is 31.2 Å². The molecular formula is C22H18ClN5O6. The van der Waals surface area contributed by atoms with E-state index in [2.05, 4.69) is 15.8 Å². The van der Waals surface area contributed by atoms with Crippen LogP contribution in [0.4, 0.5) is 22.7 Å². The summed E-state index contributed by atoms with van der Waals surface area (Å²) in [5.74, 6) is 0.256. The van der Waals surface area contributed by atoms with E-state index in [-0.39, 0.29) is 11.4 Å². The van der Waals surface area contributed by atoms with Gasteiger partial charge in [-0.05, 0) is 38.0 Å². The van der Waals surface area contributed by atoms with Crippen LogP contribution in [0.5, 0.6) is 0 Å². The van der Waals surface area contributed by atoms with Crippen molar-refractivity contribution in [1.82, 2.24) is 0 Å². The Morgan fingerprint density at radius 3 is 2.56 bits per heavy atom. The molecule has 0 atom stereocenters. The number of nitrogens with zero attached hydrogens (tertiary/aromatic N) is 3. The summed E-state index contributed by atoms with van der Waals surface area (Å²) < 4.78 is 5.85. The third-order valence-corrected chi connectivity index (χ3v) is 5.68. The summed E-state index contributed by atoms with van der Waals surface area (Å²) in [5, 5.41) is 29.8. The molecule has 1 aromatic heterocycles. The zero-order chi connectivity index (χ0) is 24.4. The van der Waals surface area contributed by atoms with Crippen molar-refractivity contribution in [3.05, 3.63) is 90.4 Å². The van der Waals surface area contributed by atoms with E-state index in [1.807, 2.05) is 0 Å². The lowest BCUT2D eigenvalue weighted by Gasteiger charge is -2.13. The number of hydrogen-bond donors (Lipinski definition) is 2.